The van der Waals surface area contributed by atoms with Gasteiger partial charge in [0, 0.05) is 17.2 Å². The molecule has 0 saturated heterocycles. The van der Waals surface area contributed by atoms with Crippen LogP contribution in [0.1, 0.15) is 47.7 Å². The van der Waals surface area contributed by atoms with Gasteiger partial charge in [0.05, 0.1) is 10.7 Å². The molecule has 2 aromatic rings. The molecule has 27 heavy (non-hydrogen) atoms. The molecule has 0 aliphatic heterocycles. The molecule has 0 unspecified atom stereocenters. The lowest BCUT2D eigenvalue weighted by Gasteiger charge is -2.08. The molecule has 0 amide bonds. The van der Waals surface area contributed by atoms with Gasteiger partial charge >= 0.3 is 5.97 Å². The predicted molar refractivity (Wildman–Crippen MR) is 96.6 cm³/mol. The topological polar surface area (TPSA) is 109 Å². The molecule has 4 N–H and O–H groups in total. The van der Waals surface area contributed by atoms with E-state index in [1.54, 1.807) is 25.1 Å². The zero-order valence-electron chi connectivity index (χ0n) is 14.5. The van der Waals surface area contributed by atoms with Gasteiger partial charge in [-0.05, 0) is 31.4 Å². The molecule has 7 nitrogen and oxygen atoms in total. The smallest absolute Gasteiger partial charge is 0.356 e. The van der Waals surface area contributed by atoms with Crippen molar-refractivity contribution in [1.29, 1.82) is 0 Å². The van der Waals surface area contributed by atoms with E-state index in [0.717, 1.165) is 17.5 Å². The Bertz CT molecular complexity index is 909. The monoisotopic (exact) mass is 397 g/mol. The summed E-state index contributed by atoms with van der Waals surface area (Å²) in [5.74, 6) is -0.808. The van der Waals surface area contributed by atoms with Crippen LogP contribution >= 0.6 is 11.6 Å². The van der Waals surface area contributed by atoms with Crippen LogP contribution in [0.4, 0.5) is 14.5 Å². The van der Waals surface area contributed by atoms with Crippen LogP contribution in [-0.4, -0.2) is 21.6 Å². The van der Waals surface area contributed by atoms with E-state index in [4.69, 9.17) is 27.9 Å². The van der Waals surface area contributed by atoms with E-state index >= 15 is 0 Å². The number of carbonyl (C=O) groups is 1. The van der Waals surface area contributed by atoms with Gasteiger partial charge in [0.25, 0.3) is 6.43 Å². The van der Waals surface area contributed by atoms with E-state index in [0.29, 0.717) is 22.5 Å². The van der Waals surface area contributed by atoms with Crippen LogP contribution in [0.25, 0.3) is 0 Å². The first kappa shape index (κ1) is 19.1. The van der Waals surface area contributed by atoms with Crippen molar-refractivity contribution in [3.05, 3.63) is 45.7 Å². The van der Waals surface area contributed by atoms with Gasteiger partial charge in [-0.3, -0.25) is 4.68 Å². The van der Waals surface area contributed by atoms with Crippen LogP contribution in [0, 0.1) is 6.92 Å². The summed E-state index contributed by atoms with van der Waals surface area (Å²) in [7, 11) is 0. The average molecular weight is 398 g/mol. The van der Waals surface area contributed by atoms with E-state index < -0.39 is 24.6 Å². The molecule has 0 radical (unpaired) electrons. The van der Waals surface area contributed by atoms with Crippen LogP contribution in [0.3, 0.4) is 0 Å². The number of benzene rings is 1. The second kappa shape index (κ2) is 7.51. The summed E-state index contributed by atoms with van der Waals surface area (Å²) in [6.45, 7) is 1.36. The van der Waals surface area contributed by atoms with Crippen LogP contribution in [0.5, 0.6) is 0 Å². The predicted octanol–water partition coefficient (Wildman–Crippen LogP) is 3.11. The summed E-state index contributed by atoms with van der Waals surface area (Å²) < 4.78 is 27.2. The number of nitrogens with two attached hydrogens (primary N) is 2. The fourth-order valence-corrected chi connectivity index (χ4v) is 3.08. The number of amidine groups is 1. The Hall–Kier alpha value is -2.68. The fourth-order valence-electron chi connectivity index (χ4n) is 2.71. The number of hydrogen-bond donors (Lipinski definition) is 2. The largest absolute Gasteiger partial charge is 0.398 e. The molecule has 144 valence electrons. The minimum atomic E-state index is -2.83. The molecular formula is C17H18ClF2N5O2. The van der Waals surface area contributed by atoms with Crippen LogP contribution < -0.4 is 11.5 Å². The minimum Gasteiger partial charge on any atom is -0.398 e. The summed E-state index contributed by atoms with van der Waals surface area (Å²) in [6.07, 6.45) is -1.21. The summed E-state index contributed by atoms with van der Waals surface area (Å²) in [6, 6.07) is 5.09. The summed E-state index contributed by atoms with van der Waals surface area (Å²) in [4.78, 5) is 16.9. The number of anilines is 1. The third-order valence-corrected chi connectivity index (χ3v) is 4.69. The molecule has 1 aliphatic rings. The van der Waals surface area contributed by atoms with Crippen LogP contribution in [-0.2, 0) is 16.2 Å². The molecule has 10 heteroatoms. The van der Waals surface area contributed by atoms with Gasteiger partial charge in [0.15, 0.2) is 5.84 Å². The zero-order valence-corrected chi connectivity index (χ0v) is 15.2. The van der Waals surface area contributed by atoms with Crippen LogP contribution in [0.2, 0.25) is 5.02 Å². The lowest BCUT2D eigenvalue weighted by Crippen LogP contribution is -2.19. The van der Waals surface area contributed by atoms with Gasteiger partial charge in [-0.1, -0.05) is 28.9 Å². The number of oxime groups is 1. The maximum Gasteiger partial charge on any atom is 0.356 e. The third-order valence-electron chi connectivity index (χ3n) is 4.30. The van der Waals surface area contributed by atoms with E-state index in [1.807, 2.05) is 0 Å². The van der Waals surface area contributed by atoms with Gasteiger partial charge < -0.3 is 16.3 Å². The third kappa shape index (κ3) is 4.02. The zero-order chi connectivity index (χ0) is 19.7. The maximum atomic E-state index is 13.0. The Kier molecular flexibility index (Phi) is 5.31. The molecular weight excluding hydrogens is 380 g/mol. The lowest BCUT2D eigenvalue weighted by molar-refractivity contribution is -0.144. The number of aromatic nitrogens is 2. The Balaban J connectivity index is 1.75. The molecule has 1 saturated carbocycles. The lowest BCUT2D eigenvalue weighted by atomic mass is 10.1. The first-order valence-corrected chi connectivity index (χ1v) is 8.60. The van der Waals surface area contributed by atoms with Gasteiger partial charge in [0.2, 0.25) is 0 Å². The molecule has 0 spiro atoms. The highest BCUT2D eigenvalue weighted by atomic mass is 35.5. The van der Waals surface area contributed by atoms with Crippen molar-refractivity contribution in [3.8, 4) is 0 Å². The second-order valence-corrected chi connectivity index (χ2v) is 6.65. The number of hydrogen-bond acceptors (Lipinski definition) is 5. The fraction of sp³-hybridized carbons (Fsp3) is 0.353. The van der Waals surface area contributed by atoms with E-state index in [-0.39, 0.29) is 16.8 Å². The van der Waals surface area contributed by atoms with Crippen LogP contribution in [0.15, 0.2) is 23.4 Å². The van der Waals surface area contributed by atoms with E-state index in [2.05, 4.69) is 10.3 Å². The minimum absolute atomic E-state index is 0.0221. The van der Waals surface area contributed by atoms with Gasteiger partial charge in [-0.2, -0.15) is 5.10 Å². The highest BCUT2D eigenvalue weighted by Crippen LogP contribution is 2.45. The molecule has 0 bridgehead atoms. The number of alkyl halides is 2. The molecule has 1 aromatic heterocycles. The Morgan fingerprint density at radius 2 is 2.19 bits per heavy atom. The number of carbonyl (C=O) groups excluding carboxylic acids is 1. The maximum absolute atomic E-state index is 13.0. The molecule has 0 atom stereocenters. The standard InChI is InChI=1S/C17H18ClF2N5O2/c1-8-10(3-2-4-11(8)21)17(22)24-27-12(26)7-25-15(9-5-6-9)13(18)14(23-25)16(19)20/h2-4,9,16H,5-7,21H2,1H3,(H2,22,24). The number of rotatable bonds is 6. The Morgan fingerprint density at radius 3 is 2.81 bits per heavy atom. The Labute approximate surface area is 158 Å². The number of nitrogens with zero attached hydrogens (tertiary/aromatic N) is 3. The quantitative estimate of drug-likeness (QED) is 0.256. The first-order chi connectivity index (χ1) is 12.8. The van der Waals surface area contributed by atoms with Crippen molar-refractivity contribution in [2.75, 3.05) is 5.73 Å². The first-order valence-electron chi connectivity index (χ1n) is 8.22. The van der Waals surface area contributed by atoms with E-state index in [9.17, 15) is 13.6 Å². The van der Waals surface area contributed by atoms with Crippen molar-refractivity contribution in [1.82, 2.24) is 9.78 Å². The number of nitrogen functional groups attached to an aromatic ring is 1. The van der Waals surface area contributed by atoms with Crippen molar-refractivity contribution in [2.45, 2.75) is 38.7 Å². The van der Waals surface area contributed by atoms with Crippen molar-refractivity contribution in [3.63, 3.8) is 0 Å². The van der Waals surface area contributed by atoms with Crippen molar-refractivity contribution >= 4 is 29.1 Å². The normalized spacial score (nSPS) is 14.6. The SMILES string of the molecule is Cc1c(N)cccc1/C(N)=N/OC(=O)Cn1nc(C(F)F)c(Cl)c1C1CC1. The average Bonchev–Trinajstić information content (AvgIpc) is 3.39. The Morgan fingerprint density at radius 1 is 1.48 bits per heavy atom. The second-order valence-electron chi connectivity index (χ2n) is 6.28. The molecule has 1 fully saturated rings. The summed E-state index contributed by atoms with van der Waals surface area (Å²) >= 11 is 6.01. The summed E-state index contributed by atoms with van der Waals surface area (Å²) in [5, 5.41) is 7.27. The molecule has 1 aromatic carbocycles. The van der Waals surface area contributed by atoms with Gasteiger partial charge in [-0.15, -0.1) is 0 Å². The number of halogens is 3. The molecule has 1 aliphatic carbocycles. The van der Waals surface area contributed by atoms with Crippen molar-refractivity contribution < 1.29 is 18.4 Å². The van der Waals surface area contributed by atoms with Gasteiger partial charge in [0.1, 0.15) is 12.2 Å². The highest BCUT2D eigenvalue weighted by molar-refractivity contribution is 6.32. The highest BCUT2D eigenvalue weighted by Gasteiger charge is 2.34. The summed E-state index contributed by atoms with van der Waals surface area (Å²) in [5.41, 5.74) is 13.3. The van der Waals surface area contributed by atoms with Gasteiger partial charge in [-0.25, -0.2) is 13.6 Å². The van der Waals surface area contributed by atoms with Crippen molar-refractivity contribution in [2.24, 2.45) is 10.9 Å². The molecule has 1 heterocycles. The van der Waals surface area contributed by atoms with E-state index in [1.165, 1.54) is 0 Å². The molecule has 3 rings (SSSR count).